The molecule has 0 radical (unpaired) electrons. The molecule has 2 atom stereocenters. The summed E-state index contributed by atoms with van der Waals surface area (Å²) in [5.41, 5.74) is 7.83. The predicted molar refractivity (Wildman–Crippen MR) is 176 cm³/mol. The Bertz CT molecular complexity index is 1460. The number of nitrogens with one attached hydrogen (secondary N) is 1. The number of rotatable bonds is 16. The third-order valence-electron chi connectivity index (χ3n) is 7.14. The van der Waals surface area contributed by atoms with Crippen molar-refractivity contribution in [3.63, 3.8) is 0 Å². The summed E-state index contributed by atoms with van der Waals surface area (Å²) in [6, 6.07) is 23.2. The lowest BCUT2D eigenvalue weighted by atomic mass is 9.88. The quantitative estimate of drug-likeness (QED) is 0.105. The highest BCUT2D eigenvalue weighted by atomic mass is 32.2. The van der Waals surface area contributed by atoms with Crippen LogP contribution in [0, 0.1) is 5.92 Å². The van der Waals surface area contributed by atoms with Crippen molar-refractivity contribution in [2.75, 3.05) is 25.9 Å². The SMILES string of the molecule is COC(=O)S[C@H](C(=O)NCCCC[C@@H](C(=O)O)N(CC(C)C)S(=O)(=O)c1ccc(N)cc1)C(c1ccccc1)c1ccccc1. The van der Waals surface area contributed by atoms with Gasteiger partial charge in [-0.2, -0.15) is 4.31 Å². The van der Waals surface area contributed by atoms with E-state index in [-0.39, 0.29) is 36.2 Å². The molecule has 0 bridgehead atoms. The van der Waals surface area contributed by atoms with Gasteiger partial charge in [0.2, 0.25) is 15.9 Å². The number of anilines is 1. The molecule has 4 N–H and O–H groups in total. The van der Waals surface area contributed by atoms with Gasteiger partial charge in [0.05, 0.1) is 12.0 Å². The number of benzene rings is 3. The van der Waals surface area contributed by atoms with E-state index < -0.39 is 38.5 Å². The molecule has 0 spiro atoms. The molecular formula is C33H41N3O7S2. The van der Waals surface area contributed by atoms with Gasteiger partial charge in [-0.3, -0.25) is 9.59 Å². The molecule has 3 aromatic rings. The third kappa shape index (κ3) is 10.1. The Hall–Kier alpha value is -3.87. The molecule has 10 nitrogen and oxygen atoms in total. The van der Waals surface area contributed by atoms with Gasteiger partial charge < -0.3 is 20.9 Å². The molecule has 12 heteroatoms. The Balaban J connectivity index is 1.73. The van der Waals surface area contributed by atoms with E-state index in [0.29, 0.717) is 18.5 Å². The zero-order valence-electron chi connectivity index (χ0n) is 25.7. The Kier molecular flexibility index (Phi) is 13.4. The fourth-order valence-corrected chi connectivity index (χ4v) is 7.70. The maximum atomic E-state index is 13.6. The lowest BCUT2D eigenvalue weighted by Gasteiger charge is -2.30. The summed E-state index contributed by atoms with van der Waals surface area (Å²) < 4.78 is 33.0. The first kappa shape index (κ1) is 35.6. The van der Waals surface area contributed by atoms with Gasteiger partial charge in [-0.1, -0.05) is 74.5 Å². The van der Waals surface area contributed by atoms with Crippen molar-refractivity contribution in [3.8, 4) is 0 Å². The van der Waals surface area contributed by atoms with Crippen molar-refractivity contribution in [2.45, 2.75) is 55.2 Å². The summed E-state index contributed by atoms with van der Waals surface area (Å²) in [4.78, 5) is 38.3. The normalized spacial score (nSPS) is 13.0. The number of amides is 1. The van der Waals surface area contributed by atoms with Gasteiger partial charge in [-0.15, -0.1) is 0 Å². The largest absolute Gasteiger partial charge is 0.480 e. The monoisotopic (exact) mass is 655 g/mol. The number of nitrogen functional groups attached to an aromatic ring is 1. The second-order valence-electron chi connectivity index (χ2n) is 11.0. The Morgan fingerprint density at radius 3 is 1.96 bits per heavy atom. The first-order valence-electron chi connectivity index (χ1n) is 14.7. The number of ether oxygens (including phenoxy) is 1. The van der Waals surface area contributed by atoms with Crippen LogP contribution in [0.3, 0.4) is 0 Å². The van der Waals surface area contributed by atoms with Crippen molar-refractivity contribution in [3.05, 3.63) is 96.1 Å². The van der Waals surface area contributed by atoms with Crippen molar-refractivity contribution in [2.24, 2.45) is 5.92 Å². The van der Waals surface area contributed by atoms with Crippen LogP contribution in [0.4, 0.5) is 10.5 Å². The number of nitrogens with zero attached hydrogens (tertiary/aromatic N) is 1. The number of nitrogens with two attached hydrogens (primary N) is 1. The van der Waals surface area contributed by atoms with E-state index in [1.807, 2.05) is 74.5 Å². The molecule has 3 rings (SSSR count). The summed E-state index contributed by atoms with van der Waals surface area (Å²) in [5, 5.41) is 11.5. The van der Waals surface area contributed by atoms with Crippen LogP contribution < -0.4 is 11.1 Å². The van der Waals surface area contributed by atoms with E-state index in [0.717, 1.165) is 27.2 Å². The van der Waals surface area contributed by atoms with Gasteiger partial charge in [0.25, 0.3) is 0 Å². The van der Waals surface area contributed by atoms with E-state index in [2.05, 4.69) is 5.32 Å². The van der Waals surface area contributed by atoms with E-state index in [9.17, 15) is 27.9 Å². The number of carboxylic acids is 1. The molecule has 0 heterocycles. The predicted octanol–water partition coefficient (Wildman–Crippen LogP) is 5.36. The molecule has 0 aliphatic rings. The molecule has 0 fully saturated rings. The number of carbonyl (C=O) groups excluding carboxylic acids is 2. The van der Waals surface area contributed by atoms with Crippen LogP contribution in [-0.4, -0.2) is 66.5 Å². The highest BCUT2D eigenvalue weighted by Gasteiger charge is 2.37. The highest BCUT2D eigenvalue weighted by molar-refractivity contribution is 8.14. The molecular weight excluding hydrogens is 615 g/mol. The van der Waals surface area contributed by atoms with Crippen molar-refractivity contribution < 1.29 is 32.6 Å². The van der Waals surface area contributed by atoms with Crippen LogP contribution in [0.15, 0.2) is 89.8 Å². The van der Waals surface area contributed by atoms with Crippen LogP contribution >= 0.6 is 11.8 Å². The number of unbranched alkanes of at least 4 members (excludes halogenated alkanes) is 1. The fourth-order valence-electron chi connectivity index (χ4n) is 4.98. The number of carbonyl (C=O) groups is 3. The second-order valence-corrected chi connectivity index (χ2v) is 13.9. The summed E-state index contributed by atoms with van der Waals surface area (Å²) in [6.07, 6.45) is 0.770. The average molecular weight is 656 g/mol. The lowest BCUT2D eigenvalue weighted by Crippen LogP contribution is -2.46. The molecule has 1 amide bonds. The second kappa shape index (κ2) is 17.0. The third-order valence-corrected chi connectivity index (χ3v) is 10.1. The number of sulfonamides is 1. The molecule has 242 valence electrons. The van der Waals surface area contributed by atoms with Crippen molar-refractivity contribution in [1.29, 1.82) is 0 Å². The van der Waals surface area contributed by atoms with E-state index in [1.165, 1.54) is 31.4 Å². The first-order chi connectivity index (χ1) is 21.4. The lowest BCUT2D eigenvalue weighted by molar-refractivity contribution is -0.142. The first-order valence-corrected chi connectivity index (χ1v) is 17.0. The van der Waals surface area contributed by atoms with Gasteiger partial charge in [-0.05, 0) is 72.3 Å². The minimum Gasteiger partial charge on any atom is -0.480 e. The number of methoxy groups -OCH3 is 1. The number of hydrogen-bond donors (Lipinski definition) is 3. The average Bonchev–Trinajstić information content (AvgIpc) is 3.02. The van der Waals surface area contributed by atoms with Gasteiger partial charge in [0.1, 0.15) is 11.3 Å². The van der Waals surface area contributed by atoms with Crippen LogP contribution in [0.25, 0.3) is 0 Å². The maximum Gasteiger partial charge on any atom is 0.367 e. The molecule has 45 heavy (non-hydrogen) atoms. The van der Waals surface area contributed by atoms with Crippen LogP contribution in [0.5, 0.6) is 0 Å². The topological polar surface area (TPSA) is 156 Å². The maximum absolute atomic E-state index is 13.6. The minimum absolute atomic E-state index is 0.0210. The van der Waals surface area contributed by atoms with Gasteiger partial charge >= 0.3 is 11.3 Å². The highest BCUT2D eigenvalue weighted by Crippen LogP contribution is 2.36. The number of hydrogen-bond acceptors (Lipinski definition) is 8. The molecule has 0 saturated heterocycles. The van der Waals surface area contributed by atoms with E-state index in [1.54, 1.807) is 0 Å². The number of thioether (sulfide) groups is 1. The Morgan fingerprint density at radius 2 is 1.47 bits per heavy atom. The number of carboxylic acid groups (broad SMARTS) is 1. The van der Waals surface area contributed by atoms with Gasteiger partial charge in [0.15, 0.2) is 0 Å². The molecule has 0 unspecified atom stereocenters. The van der Waals surface area contributed by atoms with Crippen LogP contribution in [0.1, 0.15) is 50.2 Å². The Morgan fingerprint density at radius 1 is 0.911 bits per heavy atom. The summed E-state index contributed by atoms with van der Waals surface area (Å²) in [7, 11) is -2.86. The Labute approximate surface area is 269 Å². The molecule has 0 aliphatic heterocycles. The van der Waals surface area contributed by atoms with Crippen molar-refractivity contribution in [1.82, 2.24) is 9.62 Å². The van der Waals surface area contributed by atoms with E-state index >= 15 is 0 Å². The van der Waals surface area contributed by atoms with Gasteiger partial charge in [-0.25, -0.2) is 13.2 Å². The number of aliphatic carboxylic acids is 1. The standard InChI is InChI=1S/C33H41N3O7S2/c1-23(2)22-36(45(41,42)27-19-17-26(34)18-20-27)28(32(38)39)16-10-11-21-35-31(37)30(44-33(40)43-3)29(24-12-6-4-7-13-24)25-14-8-5-9-15-25/h4-9,12-15,17-20,23,28-30H,10-11,16,21-22,34H2,1-3H3,(H,35,37)(H,38,39)/t28-,30-/m0/s1. The smallest absolute Gasteiger partial charge is 0.367 e. The minimum atomic E-state index is -4.12. The fraction of sp³-hybridized carbons (Fsp3) is 0.364. The van der Waals surface area contributed by atoms with E-state index in [4.69, 9.17) is 10.5 Å². The van der Waals surface area contributed by atoms with Gasteiger partial charge in [0, 0.05) is 24.7 Å². The zero-order valence-corrected chi connectivity index (χ0v) is 27.3. The summed E-state index contributed by atoms with van der Waals surface area (Å²) in [6.45, 7) is 3.86. The molecule has 0 aliphatic carbocycles. The molecule has 0 saturated carbocycles. The van der Waals surface area contributed by atoms with Crippen molar-refractivity contribution >= 4 is 44.7 Å². The summed E-state index contributed by atoms with van der Waals surface area (Å²) in [5.74, 6) is -2.19. The van der Waals surface area contributed by atoms with Crippen LogP contribution in [0.2, 0.25) is 0 Å². The molecule has 0 aromatic heterocycles. The zero-order chi connectivity index (χ0) is 33.0. The summed E-state index contributed by atoms with van der Waals surface area (Å²) >= 11 is 0.802. The van der Waals surface area contributed by atoms with Crippen LogP contribution in [-0.2, 0) is 24.3 Å². The molecule has 3 aromatic carbocycles.